The zero-order valence-electron chi connectivity index (χ0n) is 12.3. The van der Waals surface area contributed by atoms with Crippen molar-refractivity contribution < 1.29 is 13.2 Å². The fourth-order valence-corrected chi connectivity index (χ4v) is 4.43. The quantitative estimate of drug-likeness (QED) is 0.783. The van der Waals surface area contributed by atoms with Gasteiger partial charge in [-0.25, -0.2) is 8.42 Å². The number of sulfonamides is 1. The first-order valence-electron chi connectivity index (χ1n) is 7.08. The normalized spacial score (nSPS) is 23.0. The lowest BCUT2D eigenvalue weighted by atomic mass is 10.1. The molecule has 0 amide bonds. The lowest BCUT2D eigenvalue weighted by molar-refractivity contribution is 0.197. The van der Waals surface area contributed by atoms with Crippen LogP contribution in [0.25, 0.3) is 0 Å². The molecule has 0 N–H and O–H groups in total. The van der Waals surface area contributed by atoms with Crippen LogP contribution in [-0.4, -0.2) is 62.0 Å². The van der Waals surface area contributed by atoms with Crippen molar-refractivity contribution in [1.82, 2.24) is 14.5 Å². The number of ether oxygens (including phenoxy) is 1. The Bertz CT molecular complexity index is 626. The molecule has 7 nitrogen and oxygen atoms in total. The van der Waals surface area contributed by atoms with Crippen LogP contribution in [0.2, 0.25) is 0 Å². The predicted molar refractivity (Wildman–Crippen MR) is 78.6 cm³/mol. The third-order valence-corrected chi connectivity index (χ3v) is 6.26. The highest BCUT2D eigenvalue weighted by Gasteiger charge is 2.36. The molecule has 1 saturated heterocycles. The van der Waals surface area contributed by atoms with Crippen LogP contribution >= 0.6 is 0 Å². The fourth-order valence-electron chi connectivity index (χ4n) is 2.69. The summed E-state index contributed by atoms with van der Waals surface area (Å²) in [6.45, 7) is 1.69. The van der Waals surface area contributed by atoms with Gasteiger partial charge in [0, 0.05) is 40.2 Å². The zero-order valence-corrected chi connectivity index (χ0v) is 13.1. The van der Waals surface area contributed by atoms with Crippen molar-refractivity contribution in [3.8, 4) is 0 Å². The number of fused-ring (bicyclic) bond motifs is 1. The van der Waals surface area contributed by atoms with Gasteiger partial charge in [0.1, 0.15) is 5.25 Å². The molecule has 1 unspecified atom stereocenters. The minimum absolute atomic E-state index is 0.309. The zero-order chi connectivity index (χ0) is 15.0. The molecule has 3 rings (SSSR count). The molecule has 21 heavy (non-hydrogen) atoms. The van der Waals surface area contributed by atoms with Crippen molar-refractivity contribution >= 4 is 15.8 Å². The molecule has 0 spiro atoms. The Balaban J connectivity index is 1.84. The first-order chi connectivity index (χ1) is 9.98. The average Bonchev–Trinajstić information content (AvgIpc) is 3.01. The van der Waals surface area contributed by atoms with E-state index >= 15 is 0 Å². The highest BCUT2D eigenvalue weighted by molar-refractivity contribution is 7.89. The topological polar surface area (TPSA) is 75.6 Å². The van der Waals surface area contributed by atoms with Gasteiger partial charge in [0.05, 0.1) is 12.3 Å². The number of aromatic nitrogens is 2. The maximum absolute atomic E-state index is 12.6. The van der Waals surface area contributed by atoms with Gasteiger partial charge in [-0.1, -0.05) is 0 Å². The van der Waals surface area contributed by atoms with Crippen molar-refractivity contribution in [2.45, 2.75) is 24.6 Å². The standard InChI is InChI=1S/C13H20N4O3S/c1-16(2)13-7-10-8-17(5-3-12(10)14-15-13)21(18,19)11-4-6-20-9-11/h7,11H,3-6,8-9H2,1-2H3. The minimum Gasteiger partial charge on any atom is -0.380 e. The second-order valence-corrected chi connectivity index (χ2v) is 7.90. The first-order valence-corrected chi connectivity index (χ1v) is 8.58. The van der Waals surface area contributed by atoms with E-state index in [9.17, 15) is 8.42 Å². The second-order valence-electron chi connectivity index (χ2n) is 5.68. The number of anilines is 1. The van der Waals surface area contributed by atoms with Gasteiger partial charge in [0.2, 0.25) is 10.0 Å². The SMILES string of the molecule is CN(C)c1cc2c(nn1)CCN(S(=O)(=O)C1CCOC1)C2. The second kappa shape index (κ2) is 5.51. The van der Waals surface area contributed by atoms with Crippen LogP contribution in [0.3, 0.4) is 0 Å². The molecular weight excluding hydrogens is 292 g/mol. The monoisotopic (exact) mass is 312 g/mol. The molecule has 0 bridgehead atoms. The molecule has 1 atom stereocenters. The molecule has 2 aliphatic heterocycles. The molecule has 3 heterocycles. The van der Waals surface area contributed by atoms with Crippen LogP contribution in [0.5, 0.6) is 0 Å². The van der Waals surface area contributed by atoms with Crippen LogP contribution < -0.4 is 4.90 Å². The maximum Gasteiger partial charge on any atom is 0.219 e. The van der Waals surface area contributed by atoms with E-state index in [1.54, 1.807) is 4.31 Å². The van der Waals surface area contributed by atoms with Gasteiger partial charge < -0.3 is 9.64 Å². The molecule has 0 aliphatic carbocycles. The minimum atomic E-state index is -3.29. The number of rotatable bonds is 3. The highest BCUT2D eigenvalue weighted by atomic mass is 32.2. The molecule has 8 heteroatoms. The van der Waals surface area contributed by atoms with E-state index in [0.717, 1.165) is 17.1 Å². The van der Waals surface area contributed by atoms with Crippen molar-refractivity contribution in [2.24, 2.45) is 0 Å². The number of hydrogen-bond acceptors (Lipinski definition) is 6. The third kappa shape index (κ3) is 2.75. The predicted octanol–water partition coefficient (Wildman–Crippen LogP) is 0.0194. The first kappa shape index (κ1) is 14.7. The molecule has 0 saturated carbocycles. The largest absolute Gasteiger partial charge is 0.380 e. The number of hydrogen-bond donors (Lipinski definition) is 0. The average molecular weight is 312 g/mol. The van der Waals surface area contributed by atoms with Gasteiger partial charge in [0.25, 0.3) is 0 Å². The Morgan fingerprint density at radius 2 is 2.19 bits per heavy atom. The van der Waals surface area contributed by atoms with Crippen LogP contribution in [-0.2, 0) is 27.7 Å². The third-order valence-electron chi connectivity index (χ3n) is 4.02. The van der Waals surface area contributed by atoms with Crippen LogP contribution in [0.4, 0.5) is 5.82 Å². The van der Waals surface area contributed by atoms with Crippen LogP contribution in [0.1, 0.15) is 17.7 Å². The van der Waals surface area contributed by atoms with Crippen molar-refractivity contribution in [1.29, 1.82) is 0 Å². The Labute approximate surface area is 125 Å². The molecule has 1 aromatic heterocycles. The Morgan fingerprint density at radius 3 is 2.86 bits per heavy atom. The summed E-state index contributed by atoms with van der Waals surface area (Å²) in [4.78, 5) is 1.87. The van der Waals surface area contributed by atoms with E-state index in [1.807, 2.05) is 25.1 Å². The van der Waals surface area contributed by atoms with Gasteiger partial charge in [0.15, 0.2) is 5.82 Å². The molecular formula is C13H20N4O3S. The highest BCUT2D eigenvalue weighted by Crippen LogP contribution is 2.25. The fraction of sp³-hybridized carbons (Fsp3) is 0.692. The molecule has 116 valence electrons. The molecule has 0 aromatic carbocycles. The summed E-state index contributed by atoms with van der Waals surface area (Å²) in [5.41, 5.74) is 1.84. The van der Waals surface area contributed by atoms with Gasteiger partial charge in [-0.05, 0) is 18.1 Å². The van der Waals surface area contributed by atoms with E-state index < -0.39 is 15.3 Å². The Morgan fingerprint density at radius 1 is 1.38 bits per heavy atom. The summed E-state index contributed by atoms with van der Waals surface area (Å²) in [6.07, 6.45) is 1.20. The molecule has 0 radical (unpaired) electrons. The molecule has 1 aromatic rings. The summed E-state index contributed by atoms with van der Waals surface area (Å²) in [5, 5.41) is 7.96. The lowest BCUT2D eigenvalue weighted by Crippen LogP contribution is -2.42. The lowest BCUT2D eigenvalue weighted by Gasteiger charge is -2.29. The van der Waals surface area contributed by atoms with Gasteiger partial charge >= 0.3 is 0 Å². The van der Waals surface area contributed by atoms with Crippen molar-refractivity contribution in [2.75, 3.05) is 38.8 Å². The van der Waals surface area contributed by atoms with Gasteiger partial charge in [-0.15, -0.1) is 5.10 Å². The van der Waals surface area contributed by atoms with Crippen molar-refractivity contribution in [3.05, 3.63) is 17.3 Å². The van der Waals surface area contributed by atoms with E-state index in [2.05, 4.69) is 10.2 Å². The molecule has 1 fully saturated rings. The summed E-state index contributed by atoms with van der Waals surface area (Å²) in [7, 11) is 0.494. The van der Waals surface area contributed by atoms with E-state index in [0.29, 0.717) is 39.1 Å². The summed E-state index contributed by atoms with van der Waals surface area (Å²) < 4.78 is 32.0. The smallest absolute Gasteiger partial charge is 0.219 e. The van der Waals surface area contributed by atoms with Gasteiger partial charge in [-0.2, -0.15) is 9.40 Å². The van der Waals surface area contributed by atoms with Crippen molar-refractivity contribution in [3.63, 3.8) is 0 Å². The van der Waals surface area contributed by atoms with E-state index in [4.69, 9.17) is 4.74 Å². The van der Waals surface area contributed by atoms with Crippen LogP contribution in [0.15, 0.2) is 6.07 Å². The Kier molecular flexibility index (Phi) is 3.85. The van der Waals surface area contributed by atoms with E-state index in [-0.39, 0.29) is 0 Å². The van der Waals surface area contributed by atoms with Crippen LogP contribution in [0, 0.1) is 0 Å². The summed E-state index contributed by atoms with van der Waals surface area (Å²) in [5.74, 6) is 0.747. The van der Waals surface area contributed by atoms with E-state index in [1.165, 1.54) is 0 Å². The molecule has 2 aliphatic rings. The number of nitrogens with zero attached hydrogens (tertiary/aromatic N) is 4. The summed E-state index contributed by atoms with van der Waals surface area (Å²) in [6, 6.07) is 1.93. The van der Waals surface area contributed by atoms with Gasteiger partial charge in [-0.3, -0.25) is 0 Å². The Hall–Kier alpha value is -1.25. The summed E-state index contributed by atoms with van der Waals surface area (Å²) >= 11 is 0. The maximum atomic E-state index is 12.6.